The van der Waals surface area contributed by atoms with Crippen molar-refractivity contribution in [2.24, 2.45) is 11.8 Å². The zero-order valence-electron chi connectivity index (χ0n) is 16.3. The van der Waals surface area contributed by atoms with E-state index in [9.17, 15) is 14.7 Å². The molecule has 5 heteroatoms. The molecule has 0 bridgehead atoms. The minimum absolute atomic E-state index is 0.0299. The van der Waals surface area contributed by atoms with Crippen molar-refractivity contribution >= 4 is 11.8 Å². The van der Waals surface area contributed by atoms with Gasteiger partial charge in [0, 0.05) is 18.8 Å². The fraction of sp³-hybridized carbons (Fsp3) is 0.435. The maximum atomic E-state index is 12.1. The monoisotopic (exact) mass is 384 g/mol. The van der Waals surface area contributed by atoms with Gasteiger partial charge in [-0.2, -0.15) is 0 Å². The molecule has 1 saturated carbocycles. The number of esters is 1. The fourth-order valence-corrected chi connectivity index (χ4v) is 3.19. The first-order valence-electron chi connectivity index (χ1n) is 9.64. The van der Waals surface area contributed by atoms with Gasteiger partial charge in [0.1, 0.15) is 11.5 Å². The first kappa shape index (κ1) is 21.7. The SMILES string of the molecule is COC(=O)C(O)CC=C=CC[C@H]1C(=O)CC[C@@H]1C=CCCOc1ccccc1. The maximum absolute atomic E-state index is 12.1. The van der Waals surface area contributed by atoms with E-state index in [2.05, 4.69) is 22.6 Å². The summed E-state index contributed by atoms with van der Waals surface area (Å²) in [7, 11) is 1.23. The summed E-state index contributed by atoms with van der Waals surface area (Å²) in [4.78, 5) is 23.2. The number of carbonyl (C=O) groups excluding carboxylic acids is 2. The number of carbonyl (C=O) groups is 2. The molecule has 0 aliphatic heterocycles. The molecule has 2 rings (SSSR count). The molecule has 1 aliphatic carbocycles. The van der Waals surface area contributed by atoms with Gasteiger partial charge in [-0.1, -0.05) is 30.4 Å². The van der Waals surface area contributed by atoms with E-state index in [0.717, 1.165) is 18.6 Å². The molecule has 0 radical (unpaired) electrons. The Morgan fingerprint density at radius 1 is 1.32 bits per heavy atom. The van der Waals surface area contributed by atoms with Crippen LogP contribution in [0.25, 0.3) is 0 Å². The van der Waals surface area contributed by atoms with Gasteiger partial charge in [-0.25, -0.2) is 4.79 Å². The zero-order chi connectivity index (χ0) is 20.2. The molecule has 28 heavy (non-hydrogen) atoms. The predicted octanol–water partition coefficient (Wildman–Crippen LogP) is 3.63. The Balaban J connectivity index is 1.75. The Morgan fingerprint density at radius 3 is 2.86 bits per heavy atom. The topological polar surface area (TPSA) is 72.8 Å². The molecule has 0 saturated heterocycles. The van der Waals surface area contributed by atoms with Crippen LogP contribution in [0.4, 0.5) is 0 Å². The highest BCUT2D eigenvalue weighted by Crippen LogP contribution is 2.32. The Hall–Kier alpha value is -2.62. The molecule has 150 valence electrons. The molecule has 0 spiro atoms. The largest absolute Gasteiger partial charge is 0.493 e. The molecule has 1 aromatic carbocycles. The van der Waals surface area contributed by atoms with Crippen LogP contribution in [0.3, 0.4) is 0 Å². The molecule has 0 amide bonds. The van der Waals surface area contributed by atoms with E-state index in [-0.39, 0.29) is 24.0 Å². The molecule has 1 unspecified atom stereocenters. The number of allylic oxidation sites excluding steroid dienone is 1. The number of aliphatic hydroxyl groups excluding tert-OH is 1. The van der Waals surface area contributed by atoms with Gasteiger partial charge in [0.15, 0.2) is 6.10 Å². The lowest BCUT2D eigenvalue weighted by molar-refractivity contribution is -0.150. The van der Waals surface area contributed by atoms with Gasteiger partial charge in [-0.3, -0.25) is 4.79 Å². The third kappa shape index (κ3) is 7.18. The van der Waals surface area contributed by atoms with Crippen molar-refractivity contribution < 1.29 is 24.2 Å². The van der Waals surface area contributed by atoms with Crippen LogP contribution < -0.4 is 4.74 Å². The maximum Gasteiger partial charge on any atom is 0.335 e. The highest BCUT2D eigenvalue weighted by atomic mass is 16.5. The van der Waals surface area contributed by atoms with E-state index >= 15 is 0 Å². The van der Waals surface area contributed by atoms with Crippen molar-refractivity contribution in [2.75, 3.05) is 13.7 Å². The number of methoxy groups -OCH3 is 1. The fourth-order valence-electron chi connectivity index (χ4n) is 3.19. The lowest BCUT2D eigenvalue weighted by Gasteiger charge is -2.12. The van der Waals surface area contributed by atoms with Crippen molar-refractivity contribution in [1.82, 2.24) is 0 Å². The minimum Gasteiger partial charge on any atom is -0.493 e. The highest BCUT2D eigenvalue weighted by Gasteiger charge is 2.31. The minimum atomic E-state index is -1.17. The summed E-state index contributed by atoms with van der Waals surface area (Å²) in [6.45, 7) is 0.608. The second-order valence-corrected chi connectivity index (χ2v) is 6.74. The first-order valence-corrected chi connectivity index (χ1v) is 9.64. The summed E-state index contributed by atoms with van der Waals surface area (Å²) < 4.78 is 10.1. The summed E-state index contributed by atoms with van der Waals surface area (Å²) in [6, 6.07) is 9.70. The van der Waals surface area contributed by atoms with Crippen molar-refractivity contribution in [3.8, 4) is 5.75 Å². The standard InChI is InChI=1S/C23H28O5/c1-27-23(26)22(25)14-7-3-6-13-20-18(15-16-21(20)24)10-8-9-17-28-19-11-4-2-5-12-19/h2,4-8,10-12,18,20,22,25H,9,13-17H2,1H3/t3?,18-,20+,22?/m0/s1. The molecular formula is C23H28O5. The summed E-state index contributed by atoms with van der Waals surface area (Å²) >= 11 is 0. The zero-order valence-corrected chi connectivity index (χ0v) is 16.3. The molecule has 3 atom stereocenters. The molecule has 1 fully saturated rings. The Labute approximate surface area is 166 Å². The van der Waals surface area contributed by atoms with Crippen LogP contribution in [0.1, 0.15) is 32.1 Å². The Kier molecular flexibility index (Phi) is 9.26. The van der Waals surface area contributed by atoms with E-state index in [1.54, 1.807) is 12.2 Å². The van der Waals surface area contributed by atoms with Gasteiger partial charge >= 0.3 is 5.97 Å². The molecule has 0 heterocycles. The van der Waals surface area contributed by atoms with Crippen LogP contribution in [0, 0.1) is 11.8 Å². The van der Waals surface area contributed by atoms with Gasteiger partial charge in [-0.05, 0) is 49.5 Å². The van der Waals surface area contributed by atoms with Crippen LogP contribution >= 0.6 is 0 Å². The van der Waals surface area contributed by atoms with Crippen LogP contribution in [0.15, 0.2) is 60.4 Å². The number of rotatable bonds is 10. The quantitative estimate of drug-likeness (QED) is 0.289. The second kappa shape index (κ2) is 12.0. The first-order chi connectivity index (χ1) is 13.6. The molecule has 0 aromatic heterocycles. The lowest BCUT2D eigenvalue weighted by Crippen LogP contribution is -2.20. The van der Waals surface area contributed by atoms with E-state index in [1.165, 1.54) is 7.11 Å². The molecular weight excluding hydrogens is 356 g/mol. The summed E-state index contributed by atoms with van der Waals surface area (Å²) in [5.41, 5.74) is 2.94. The van der Waals surface area contributed by atoms with Crippen molar-refractivity contribution in [2.45, 2.75) is 38.2 Å². The Morgan fingerprint density at radius 2 is 2.11 bits per heavy atom. The smallest absolute Gasteiger partial charge is 0.335 e. The summed E-state index contributed by atoms with van der Waals surface area (Å²) in [5.74, 6) is 0.688. The summed E-state index contributed by atoms with van der Waals surface area (Å²) in [6.07, 6.45) is 9.47. The average Bonchev–Trinajstić information content (AvgIpc) is 3.07. The second-order valence-electron chi connectivity index (χ2n) is 6.74. The van der Waals surface area contributed by atoms with E-state index in [0.29, 0.717) is 19.4 Å². The normalized spacial score (nSPS) is 19.9. The Bertz CT molecular complexity index is 716. The van der Waals surface area contributed by atoms with Crippen LogP contribution in [0.2, 0.25) is 0 Å². The number of ketones is 1. The number of para-hydroxylation sites is 1. The van der Waals surface area contributed by atoms with Crippen LogP contribution in [0.5, 0.6) is 5.75 Å². The van der Waals surface area contributed by atoms with Gasteiger partial charge in [0.2, 0.25) is 0 Å². The van der Waals surface area contributed by atoms with Crippen LogP contribution in [-0.4, -0.2) is 36.7 Å². The van der Waals surface area contributed by atoms with Crippen LogP contribution in [-0.2, 0) is 14.3 Å². The number of ether oxygens (including phenoxy) is 2. The van der Waals surface area contributed by atoms with E-state index < -0.39 is 12.1 Å². The average molecular weight is 384 g/mol. The van der Waals surface area contributed by atoms with Gasteiger partial charge < -0.3 is 14.6 Å². The molecule has 1 N–H and O–H groups in total. The van der Waals surface area contributed by atoms with Gasteiger partial charge in [0.05, 0.1) is 13.7 Å². The summed E-state index contributed by atoms with van der Waals surface area (Å²) in [5, 5.41) is 9.49. The highest BCUT2D eigenvalue weighted by molar-refractivity contribution is 5.83. The number of aliphatic hydroxyl groups is 1. The predicted molar refractivity (Wildman–Crippen MR) is 107 cm³/mol. The number of benzene rings is 1. The molecule has 1 aromatic rings. The number of hydrogen-bond donors (Lipinski definition) is 1. The third-order valence-corrected chi connectivity index (χ3v) is 4.76. The van der Waals surface area contributed by atoms with Gasteiger partial charge in [-0.15, -0.1) is 5.73 Å². The molecule has 1 aliphatic rings. The van der Waals surface area contributed by atoms with E-state index in [4.69, 9.17) is 4.74 Å². The van der Waals surface area contributed by atoms with E-state index in [1.807, 2.05) is 30.3 Å². The van der Waals surface area contributed by atoms with Gasteiger partial charge in [0.25, 0.3) is 0 Å². The number of Topliss-reactive ketones (excluding diaryl/α,β-unsaturated/α-hetero) is 1. The van der Waals surface area contributed by atoms with Crippen molar-refractivity contribution in [3.05, 3.63) is 60.4 Å². The lowest BCUT2D eigenvalue weighted by atomic mass is 9.91. The number of hydrogen-bond acceptors (Lipinski definition) is 5. The van der Waals surface area contributed by atoms with Crippen molar-refractivity contribution in [1.29, 1.82) is 0 Å². The molecule has 5 nitrogen and oxygen atoms in total. The third-order valence-electron chi connectivity index (χ3n) is 4.76. The van der Waals surface area contributed by atoms with Crippen molar-refractivity contribution in [3.63, 3.8) is 0 Å².